The molecular weight excluding hydrogens is 394 g/mol. The van der Waals surface area contributed by atoms with Crippen LogP contribution < -0.4 is 5.56 Å². The number of fused-ring (bicyclic) bond motifs is 1. The fourth-order valence-corrected chi connectivity index (χ4v) is 5.89. The molecule has 1 aromatic heterocycles. The van der Waals surface area contributed by atoms with Crippen molar-refractivity contribution < 1.29 is 0 Å². The summed E-state index contributed by atoms with van der Waals surface area (Å²) in [6, 6.07) is 7.57. The highest BCUT2D eigenvalue weighted by Gasteiger charge is 2.38. The molecule has 4 heteroatoms. The van der Waals surface area contributed by atoms with Crippen LogP contribution in [0, 0.1) is 6.92 Å². The van der Waals surface area contributed by atoms with Crippen molar-refractivity contribution >= 4 is 5.70 Å². The third kappa shape index (κ3) is 3.93. The van der Waals surface area contributed by atoms with Gasteiger partial charge in [0.25, 0.3) is 5.56 Å². The lowest BCUT2D eigenvalue weighted by Gasteiger charge is -2.39. The summed E-state index contributed by atoms with van der Waals surface area (Å²) in [4.78, 5) is 19.9. The zero-order valence-electron chi connectivity index (χ0n) is 20.6. The van der Waals surface area contributed by atoms with Crippen LogP contribution in [0.4, 0.5) is 0 Å². The number of benzene rings is 1. The number of aryl methyl sites for hydroxylation is 2. The Morgan fingerprint density at radius 3 is 2.25 bits per heavy atom. The van der Waals surface area contributed by atoms with Crippen LogP contribution in [0.25, 0.3) is 5.70 Å². The lowest BCUT2D eigenvalue weighted by atomic mass is 9.74. The molecule has 0 unspecified atom stereocenters. The Morgan fingerprint density at radius 2 is 1.69 bits per heavy atom. The molecule has 1 aliphatic heterocycles. The molecule has 0 atom stereocenters. The molecule has 0 N–H and O–H groups in total. The lowest BCUT2D eigenvalue weighted by molar-refractivity contribution is 0.287. The highest BCUT2D eigenvalue weighted by Crippen LogP contribution is 2.44. The highest BCUT2D eigenvalue weighted by molar-refractivity contribution is 5.63. The average molecular weight is 434 g/mol. The van der Waals surface area contributed by atoms with Crippen molar-refractivity contribution in [2.24, 2.45) is 0 Å². The summed E-state index contributed by atoms with van der Waals surface area (Å²) in [5.41, 5.74) is 6.95. The first-order chi connectivity index (χ1) is 15.3. The fraction of sp³-hybridized carbons (Fsp3) is 0.571. The van der Waals surface area contributed by atoms with E-state index in [1.165, 1.54) is 42.4 Å². The first-order valence-corrected chi connectivity index (χ1v) is 12.5. The molecule has 1 aromatic carbocycles. The molecule has 32 heavy (non-hydrogen) atoms. The SMILES string of the molecule is C=C1c2c(C)c(=O)nc(CC3(c4cc(CC)cc(CC)c4)CCCC3)n2CCN1C(C)C. The summed E-state index contributed by atoms with van der Waals surface area (Å²) >= 11 is 0. The standard InChI is InChI=1S/C28H39N3O/c1-7-22-15-23(8-2)17-24(16-22)28(11-9-10-12-28)18-25-29-27(32)20(5)26-21(6)30(19(3)4)13-14-31(25)26/h15-17,19H,6-14,18H2,1-5H3. The van der Waals surface area contributed by atoms with Crippen molar-refractivity contribution in [1.29, 1.82) is 0 Å². The van der Waals surface area contributed by atoms with Crippen LogP contribution in [0.5, 0.6) is 0 Å². The van der Waals surface area contributed by atoms with Crippen LogP contribution in [-0.2, 0) is 31.2 Å². The van der Waals surface area contributed by atoms with Gasteiger partial charge in [0.2, 0.25) is 0 Å². The molecule has 0 amide bonds. The van der Waals surface area contributed by atoms with Crippen molar-refractivity contribution in [2.75, 3.05) is 6.54 Å². The predicted octanol–water partition coefficient (Wildman–Crippen LogP) is 5.43. The molecule has 0 spiro atoms. The molecule has 4 nitrogen and oxygen atoms in total. The third-order valence-electron chi connectivity index (χ3n) is 7.83. The van der Waals surface area contributed by atoms with E-state index >= 15 is 0 Å². The van der Waals surface area contributed by atoms with Crippen molar-refractivity contribution in [1.82, 2.24) is 14.5 Å². The zero-order valence-corrected chi connectivity index (χ0v) is 20.6. The first kappa shape index (κ1) is 22.8. The number of nitrogens with zero attached hydrogens (tertiary/aromatic N) is 3. The largest absolute Gasteiger partial charge is 0.366 e. The molecule has 172 valence electrons. The Balaban J connectivity index is 1.82. The predicted molar refractivity (Wildman–Crippen MR) is 133 cm³/mol. The summed E-state index contributed by atoms with van der Waals surface area (Å²) in [7, 11) is 0. The maximum Gasteiger partial charge on any atom is 0.276 e. The van der Waals surface area contributed by atoms with Crippen molar-refractivity contribution in [3.63, 3.8) is 0 Å². The average Bonchev–Trinajstić information content (AvgIpc) is 3.26. The highest BCUT2D eigenvalue weighted by atomic mass is 16.1. The Labute approximate surface area is 193 Å². The summed E-state index contributed by atoms with van der Waals surface area (Å²) in [6.07, 6.45) is 7.77. The monoisotopic (exact) mass is 433 g/mol. The fourth-order valence-electron chi connectivity index (χ4n) is 5.89. The number of hydrogen-bond donors (Lipinski definition) is 0. The number of rotatable bonds is 6. The van der Waals surface area contributed by atoms with Gasteiger partial charge < -0.3 is 9.47 Å². The quantitative estimate of drug-likeness (QED) is 0.610. The number of hydrogen-bond acceptors (Lipinski definition) is 3. The van der Waals surface area contributed by atoms with Crippen molar-refractivity contribution in [2.45, 2.75) is 97.6 Å². The van der Waals surface area contributed by atoms with E-state index in [4.69, 9.17) is 0 Å². The molecule has 2 heterocycles. The Morgan fingerprint density at radius 1 is 1.06 bits per heavy atom. The van der Waals surface area contributed by atoms with Gasteiger partial charge in [0.05, 0.1) is 11.4 Å². The first-order valence-electron chi connectivity index (χ1n) is 12.5. The van der Waals surface area contributed by atoms with E-state index in [0.29, 0.717) is 6.04 Å². The Hall–Kier alpha value is -2.36. The van der Waals surface area contributed by atoms with Gasteiger partial charge in [-0.1, -0.05) is 51.5 Å². The summed E-state index contributed by atoms with van der Waals surface area (Å²) in [5.74, 6) is 0.946. The molecule has 1 fully saturated rings. The second-order valence-corrected chi connectivity index (χ2v) is 10.1. The summed E-state index contributed by atoms with van der Waals surface area (Å²) < 4.78 is 2.31. The topological polar surface area (TPSA) is 38.1 Å². The van der Waals surface area contributed by atoms with Gasteiger partial charge in [-0.3, -0.25) is 4.79 Å². The van der Waals surface area contributed by atoms with Crippen LogP contribution in [0.1, 0.15) is 87.2 Å². The Kier molecular flexibility index (Phi) is 6.33. The van der Waals surface area contributed by atoms with E-state index in [-0.39, 0.29) is 11.0 Å². The van der Waals surface area contributed by atoms with Gasteiger partial charge in [-0.2, -0.15) is 4.98 Å². The van der Waals surface area contributed by atoms with Crippen LogP contribution in [0.15, 0.2) is 29.6 Å². The summed E-state index contributed by atoms with van der Waals surface area (Å²) in [6.45, 7) is 16.9. The smallest absolute Gasteiger partial charge is 0.276 e. The number of aromatic nitrogens is 2. The van der Waals surface area contributed by atoms with Crippen LogP contribution in [-0.4, -0.2) is 27.0 Å². The molecule has 0 radical (unpaired) electrons. The van der Waals surface area contributed by atoms with E-state index in [1.54, 1.807) is 0 Å². The van der Waals surface area contributed by atoms with Gasteiger partial charge >= 0.3 is 0 Å². The van der Waals surface area contributed by atoms with Crippen LogP contribution in [0.2, 0.25) is 0 Å². The normalized spacial score (nSPS) is 17.8. The van der Waals surface area contributed by atoms with E-state index in [0.717, 1.165) is 55.1 Å². The van der Waals surface area contributed by atoms with Crippen LogP contribution >= 0.6 is 0 Å². The summed E-state index contributed by atoms with van der Waals surface area (Å²) in [5, 5.41) is 0. The van der Waals surface area contributed by atoms with E-state index in [1.807, 2.05) is 6.92 Å². The second-order valence-electron chi connectivity index (χ2n) is 10.1. The zero-order chi connectivity index (χ0) is 23.0. The maximum absolute atomic E-state index is 13.0. The maximum atomic E-state index is 13.0. The molecule has 2 aromatic rings. The van der Waals surface area contributed by atoms with Crippen molar-refractivity contribution in [3.05, 3.63) is 68.9 Å². The molecule has 0 saturated heterocycles. The van der Waals surface area contributed by atoms with Gasteiger partial charge in [0.15, 0.2) is 0 Å². The van der Waals surface area contributed by atoms with Gasteiger partial charge in [-0.25, -0.2) is 0 Å². The van der Waals surface area contributed by atoms with Gasteiger partial charge in [0.1, 0.15) is 5.82 Å². The van der Waals surface area contributed by atoms with Gasteiger partial charge in [-0.05, 0) is 63.1 Å². The van der Waals surface area contributed by atoms with Gasteiger partial charge in [0, 0.05) is 36.5 Å². The van der Waals surface area contributed by atoms with Crippen molar-refractivity contribution in [3.8, 4) is 0 Å². The minimum Gasteiger partial charge on any atom is -0.366 e. The molecule has 1 saturated carbocycles. The molecule has 1 aliphatic carbocycles. The second kappa shape index (κ2) is 8.88. The van der Waals surface area contributed by atoms with Gasteiger partial charge in [-0.15, -0.1) is 0 Å². The minimum atomic E-state index is -0.0947. The third-order valence-corrected chi connectivity index (χ3v) is 7.83. The lowest BCUT2D eigenvalue weighted by Crippen LogP contribution is -2.41. The Bertz CT molecular complexity index is 1050. The molecule has 0 bridgehead atoms. The van der Waals surface area contributed by atoms with E-state index < -0.39 is 0 Å². The molecule has 2 aliphatic rings. The minimum absolute atomic E-state index is 0.0705. The van der Waals surface area contributed by atoms with Crippen LogP contribution in [0.3, 0.4) is 0 Å². The van der Waals surface area contributed by atoms with E-state index in [9.17, 15) is 4.79 Å². The van der Waals surface area contributed by atoms with E-state index in [2.05, 4.69) is 66.9 Å². The molecule has 4 rings (SSSR count). The molecular formula is C28H39N3O.